The molecule has 14 heavy (non-hydrogen) atoms. The van der Waals surface area contributed by atoms with Crippen LogP contribution in [0.1, 0.15) is 13.3 Å². The summed E-state index contributed by atoms with van der Waals surface area (Å²) in [4.78, 5) is 19.0. The molecule has 4 nitrogen and oxygen atoms in total. The van der Waals surface area contributed by atoms with Gasteiger partial charge in [0.1, 0.15) is 10.3 Å². The van der Waals surface area contributed by atoms with Crippen molar-refractivity contribution in [3.8, 4) is 0 Å². The quantitative estimate of drug-likeness (QED) is 0.600. The van der Waals surface area contributed by atoms with Crippen LogP contribution in [0.5, 0.6) is 0 Å². The molecule has 84 valence electrons. The fourth-order valence-corrected chi connectivity index (χ4v) is 0.171. The number of hydrogen-bond donors (Lipinski definition) is 2. The van der Waals surface area contributed by atoms with Crippen molar-refractivity contribution in [1.29, 1.82) is 0 Å². The Morgan fingerprint density at radius 3 is 1.64 bits per heavy atom. The first-order valence-corrected chi connectivity index (χ1v) is 4.46. The van der Waals surface area contributed by atoms with Crippen molar-refractivity contribution in [3.63, 3.8) is 0 Å². The van der Waals surface area contributed by atoms with E-state index in [0.717, 1.165) is 0 Å². The Morgan fingerprint density at radius 1 is 1.36 bits per heavy atom. The molecular weight excluding hydrogens is 320 g/mol. The molecule has 0 fully saturated rings. The first kappa shape index (κ1) is 15.9. The predicted octanol–water partition coefficient (Wildman–Crippen LogP) is 1.92. The molecule has 0 radical (unpaired) electrons. The molecule has 0 aliphatic heterocycles. The zero-order chi connectivity index (χ0) is 11.9. The zero-order valence-corrected chi connectivity index (χ0v) is 9.16. The van der Waals surface area contributed by atoms with Gasteiger partial charge in [0.05, 0.1) is 0 Å². The van der Waals surface area contributed by atoms with Crippen LogP contribution in [0, 0.1) is 0 Å². The van der Waals surface area contributed by atoms with E-state index in [1.165, 1.54) is 0 Å². The maximum Gasteiger partial charge on any atom is 0.399 e. The summed E-state index contributed by atoms with van der Waals surface area (Å²) in [6.07, 6.45) is -6.33. The van der Waals surface area contributed by atoms with Crippen LogP contribution in [0.15, 0.2) is 0 Å². The van der Waals surface area contributed by atoms with Crippen molar-refractivity contribution in [3.05, 3.63) is 0 Å². The number of carboxylic acid groups (broad SMARTS) is 2. The van der Waals surface area contributed by atoms with E-state index in [4.69, 9.17) is 10.2 Å². The molecule has 0 aliphatic carbocycles. The molecule has 0 amide bonds. The minimum Gasteiger partial charge on any atom is -0.481 e. The second-order valence-corrected chi connectivity index (χ2v) is 4.01. The van der Waals surface area contributed by atoms with Crippen LogP contribution in [-0.2, 0) is 9.59 Å². The van der Waals surface area contributed by atoms with Crippen molar-refractivity contribution in [2.24, 2.45) is 0 Å². The van der Waals surface area contributed by atoms with Crippen LogP contribution in [0.2, 0.25) is 0 Å². The lowest BCUT2D eigenvalue weighted by molar-refractivity contribution is -0.166. The van der Waals surface area contributed by atoms with Gasteiger partial charge in [0.25, 0.3) is 0 Å². The molecule has 0 aromatic heterocycles. The fourth-order valence-electron chi connectivity index (χ4n) is 0.171. The van der Waals surface area contributed by atoms with Crippen LogP contribution in [0.3, 0.4) is 0 Å². The summed E-state index contributed by atoms with van der Waals surface area (Å²) in [6, 6.07) is 0. The summed E-state index contributed by atoms with van der Waals surface area (Å²) < 4.78 is 32.5. The topological polar surface area (TPSA) is 74.6 Å². The van der Waals surface area contributed by atoms with Gasteiger partial charge >= 0.3 is 18.1 Å². The molecule has 0 heterocycles. The Labute approximate surface area is 91.2 Å². The molecule has 2 N–H and O–H groups in total. The lowest BCUT2D eigenvalue weighted by atomic mass is 10.4. The Hall–Kier alpha value is -0.540. The van der Waals surface area contributed by atoms with Gasteiger partial charge in [0, 0.05) is 0 Å². The number of alkyl halides is 4. The van der Waals surface area contributed by atoms with Gasteiger partial charge in [-0.25, -0.2) is 0 Å². The number of hydrogen-bond acceptors (Lipinski definition) is 2. The van der Waals surface area contributed by atoms with Crippen LogP contribution in [0.4, 0.5) is 13.2 Å². The van der Waals surface area contributed by atoms with Crippen molar-refractivity contribution in [2.75, 3.05) is 0 Å². The Balaban J connectivity index is 0. The largest absolute Gasteiger partial charge is 0.481 e. The van der Waals surface area contributed by atoms with E-state index in [-0.39, 0.29) is 3.92 Å². The van der Waals surface area contributed by atoms with E-state index < -0.39 is 24.5 Å². The van der Waals surface area contributed by atoms with Crippen molar-refractivity contribution >= 4 is 34.5 Å². The van der Waals surface area contributed by atoms with Crippen molar-refractivity contribution in [2.45, 2.75) is 23.4 Å². The number of carboxylic acids is 2. The van der Waals surface area contributed by atoms with Gasteiger partial charge in [0.2, 0.25) is 0 Å². The van der Waals surface area contributed by atoms with Gasteiger partial charge in [-0.2, -0.15) is 13.2 Å². The third-order valence-corrected chi connectivity index (χ3v) is 1.22. The molecular formula is C6H8F3IO4. The summed E-state index contributed by atoms with van der Waals surface area (Å²) in [6.45, 7) is 1.63. The SMILES string of the molecule is CC(I)C(=O)O.O=C(O)CC(F)(F)F. The second-order valence-electron chi connectivity index (χ2n) is 2.14. The van der Waals surface area contributed by atoms with Gasteiger partial charge in [-0.3, -0.25) is 9.59 Å². The highest BCUT2D eigenvalue weighted by Crippen LogP contribution is 2.18. The Kier molecular flexibility index (Phi) is 7.78. The standard InChI is InChI=1S/C3H3F3O2.C3H5IO2/c4-3(5,6)1-2(7)8;1-2(4)3(5)6/h1H2,(H,7,8);2H,1H3,(H,5,6). The monoisotopic (exact) mass is 328 g/mol. The summed E-state index contributed by atoms with van der Waals surface area (Å²) in [7, 11) is 0. The average molecular weight is 328 g/mol. The highest BCUT2D eigenvalue weighted by atomic mass is 127. The highest BCUT2D eigenvalue weighted by molar-refractivity contribution is 14.1. The van der Waals surface area contributed by atoms with Crippen molar-refractivity contribution < 1.29 is 33.0 Å². The molecule has 0 aromatic carbocycles. The lowest BCUT2D eigenvalue weighted by Gasteiger charge is -1.98. The summed E-state index contributed by atoms with van der Waals surface area (Å²) in [5.41, 5.74) is 0. The van der Waals surface area contributed by atoms with Crippen molar-refractivity contribution in [1.82, 2.24) is 0 Å². The molecule has 0 spiro atoms. The minimum absolute atomic E-state index is 0.261. The normalized spacial score (nSPS) is 12.4. The van der Waals surface area contributed by atoms with Gasteiger partial charge in [-0.05, 0) is 6.92 Å². The smallest absolute Gasteiger partial charge is 0.399 e. The molecule has 0 saturated carbocycles. The van der Waals surface area contributed by atoms with Crippen LogP contribution >= 0.6 is 22.6 Å². The van der Waals surface area contributed by atoms with E-state index in [9.17, 15) is 22.8 Å². The van der Waals surface area contributed by atoms with E-state index in [1.807, 2.05) is 22.6 Å². The summed E-state index contributed by atoms with van der Waals surface area (Å²) >= 11 is 1.83. The summed E-state index contributed by atoms with van der Waals surface area (Å²) in [5.74, 6) is -2.60. The third kappa shape index (κ3) is 17.5. The van der Waals surface area contributed by atoms with Crippen LogP contribution in [-0.4, -0.2) is 32.3 Å². The first-order chi connectivity index (χ1) is 6.06. The first-order valence-electron chi connectivity index (χ1n) is 3.21. The van der Waals surface area contributed by atoms with Crippen LogP contribution < -0.4 is 0 Å². The summed E-state index contributed by atoms with van der Waals surface area (Å²) in [5, 5.41) is 15.5. The number of rotatable bonds is 2. The maximum atomic E-state index is 10.9. The fraction of sp³-hybridized carbons (Fsp3) is 0.667. The van der Waals surface area contributed by atoms with E-state index in [0.29, 0.717) is 0 Å². The number of carbonyl (C=O) groups is 2. The Bertz CT molecular complexity index is 202. The van der Waals surface area contributed by atoms with E-state index in [1.54, 1.807) is 6.92 Å². The maximum absolute atomic E-state index is 10.9. The zero-order valence-electron chi connectivity index (χ0n) is 7.01. The number of halogens is 4. The minimum atomic E-state index is -4.58. The molecule has 0 bridgehead atoms. The predicted molar refractivity (Wildman–Crippen MR) is 49.4 cm³/mol. The molecule has 0 aromatic rings. The number of aliphatic carboxylic acids is 2. The lowest BCUT2D eigenvalue weighted by Crippen LogP contribution is -2.13. The van der Waals surface area contributed by atoms with Gasteiger partial charge in [-0.15, -0.1) is 0 Å². The average Bonchev–Trinajstić information content (AvgIpc) is 1.81. The second kappa shape index (κ2) is 6.85. The molecule has 0 aliphatic rings. The van der Waals surface area contributed by atoms with E-state index in [2.05, 4.69) is 0 Å². The highest BCUT2D eigenvalue weighted by Gasteiger charge is 2.30. The molecule has 1 atom stereocenters. The van der Waals surface area contributed by atoms with Gasteiger partial charge in [0.15, 0.2) is 0 Å². The van der Waals surface area contributed by atoms with Gasteiger partial charge < -0.3 is 10.2 Å². The molecule has 8 heteroatoms. The molecule has 0 rings (SSSR count). The van der Waals surface area contributed by atoms with E-state index >= 15 is 0 Å². The van der Waals surface area contributed by atoms with Crippen LogP contribution in [0.25, 0.3) is 0 Å². The third-order valence-electron chi connectivity index (χ3n) is 0.692. The molecule has 0 saturated heterocycles. The Morgan fingerprint density at radius 2 is 1.64 bits per heavy atom. The molecule has 1 unspecified atom stereocenters. The van der Waals surface area contributed by atoms with Gasteiger partial charge in [-0.1, -0.05) is 22.6 Å².